The third-order valence-electron chi connectivity index (χ3n) is 9.06. The molecule has 4 rings (SSSR count). The van der Waals surface area contributed by atoms with E-state index in [0.717, 1.165) is 46.5 Å². The average Bonchev–Trinajstić information content (AvgIpc) is 3.00. The van der Waals surface area contributed by atoms with Crippen LogP contribution in [0.2, 0.25) is 0 Å². The van der Waals surface area contributed by atoms with Crippen molar-refractivity contribution in [3.8, 4) is 11.5 Å². The van der Waals surface area contributed by atoms with Gasteiger partial charge in [0.15, 0.2) is 0 Å². The molecule has 5 heteroatoms. The van der Waals surface area contributed by atoms with Crippen molar-refractivity contribution in [1.29, 1.82) is 0 Å². The molecule has 0 aromatic heterocycles. The second kappa shape index (κ2) is 20.1. The number of aromatic hydroxyl groups is 2. The van der Waals surface area contributed by atoms with Gasteiger partial charge in [-0.15, -0.1) is 24.3 Å². The normalized spacial score (nSPS) is 12.0. The van der Waals surface area contributed by atoms with E-state index in [1.165, 1.54) is 11.1 Å². The van der Waals surface area contributed by atoms with E-state index in [-0.39, 0.29) is 47.9 Å². The predicted molar refractivity (Wildman–Crippen MR) is 225 cm³/mol. The second-order valence-electron chi connectivity index (χ2n) is 18.5. The van der Waals surface area contributed by atoms with Crippen LogP contribution in [0.3, 0.4) is 0 Å². The van der Waals surface area contributed by atoms with Gasteiger partial charge in [-0.1, -0.05) is 119 Å². The number of nitrogens with zero attached hydrogens (tertiary/aromatic N) is 2. The fourth-order valence-corrected chi connectivity index (χ4v) is 5.63. The smallest absolute Gasteiger partial charge is 0.507 e. The number of hydrogen-bond donors (Lipinski definition) is 2. The summed E-state index contributed by atoms with van der Waals surface area (Å²) in [6, 6.07) is 28.5. The third kappa shape index (κ3) is 16.1. The van der Waals surface area contributed by atoms with Crippen LogP contribution in [-0.2, 0) is 61.0 Å². The summed E-state index contributed by atoms with van der Waals surface area (Å²) in [6.45, 7) is 36.7. The summed E-state index contributed by atoms with van der Waals surface area (Å²) in [4.78, 5) is 4.55. The summed E-state index contributed by atoms with van der Waals surface area (Å²) in [7, 11) is 4.17. The number of benzene rings is 4. The van der Waals surface area contributed by atoms with E-state index in [9.17, 15) is 10.2 Å². The molecule has 0 spiro atoms. The van der Waals surface area contributed by atoms with Gasteiger partial charge in [-0.3, -0.25) is 4.90 Å². The first-order valence-electron chi connectivity index (χ1n) is 18.7. The Bertz CT molecular complexity index is 1550. The van der Waals surface area contributed by atoms with Crippen LogP contribution in [0.5, 0.6) is 11.5 Å². The van der Waals surface area contributed by atoms with Gasteiger partial charge in [-0.25, -0.2) is 0 Å². The van der Waals surface area contributed by atoms with Gasteiger partial charge in [-0.2, -0.15) is 49.2 Å². The monoisotopic (exact) mass is 796 g/mol. The molecule has 0 atom stereocenters. The quantitative estimate of drug-likeness (QED) is 0.183. The summed E-state index contributed by atoms with van der Waals surface area (Å²) >= 11 is 0. The van der Waals surface area contributed by atoms with E-state index < -0.39 is 0 Å². The fourth-order valence-electron chi connectivity index (χ4n) is 5.63. The zero-order chi connectivity index (χ0) is 39.7. The van der Waals surface area contributed by atoms with Gasteiger partial charge < -0.3 is 15.1 Å². The molecule has 1 radical (unpaired) electrons. The SMILES string of the molecule is CN(C)CCN(Cc1cc(C(C)(C)C)cc(C(C)(C)C)c1O)Cc1cc(C(C)(C)C)cc(C(C)(C)C)c1O.[CH2-]c1ccccc1.[CH2-]c1ccccc1.[Zr+3]. The molecule has 4 nitrogen and oxygen atoms in total. The summed E-state index contributed by atoms with van der Waals surface area (Å²) < 4.78 is 0. The first-order chi connectivity index (χ1) is 23.8. The van der Waals surface area contributed by atoms with Crippen molar-refractivity contribution in [1.82, 2.24) is 9.80 Å². The van der Waals surface area contributed by atoms with Crippen LogP contribution in [0, 0.1) is 13.8 Å². The Morgan fingerprint density at radius 3 is 1.04 bits per heavy atom. The average molecular weight is 798 g/mol. The Balaban J connectivity index is 0.000000770. The van der Waals surface area contributed by atoms with Crippen molar-refractivity contribution >= 4 is 0 Å². The molecular weight excluding hydrogens is 728 g/mol. The van der Waals surface area contributed by atoms with Gasteiger partial charge in [0.25, 0.3) is 0 Å². The van der Waals surface area contributed by atoms with Gasteiger partial charge in [0.1, 0.15) is 11.5 Å². The minimum absolute atomic E-state index is 0. The van der Waals surface area contributed by atoms with Gasteiger partial charge in [0.2, 0.25) is 0 Å². The number of hydrogen-bond acceptors (Lipinski definition) is 4. The first-order valence-corrected chi connectivity index (χ1v) is 18.7. The zero-order valence-electron chi connectivity index (χ0n) is 35.6. The molecule has 0 amide bonds. The summed E-state index contributed by atoms with van der Waals surface area (Å²) in [5.74, 6) is 0.784. The number of phenols is 2. The molecule has 0 aliphatic rings. The van der Waals surface area contributed by atoms with Crippen molar-refractivity contribution in [2.45, 2.75) is 118 Å². The van der Waals surface area contributed by atoms with Crippen molar-refractivity contribution in [3.05, 3.63) is 143 Å². The number of likely N-dealkylation sites (N-methyl/N-ethyl adjacent to an activating group) is 1. The molecule has 53 heavy (non-hydrogen) atoms. The van der Waals surface area contributed by atoms with E-state index in [2.05, 4.69) is 145 Å². The van der Waals surface area contributed by atoms with Crippen molar-refractivity contribution in [3.63, 3.8) is 0 Å². The second-order valence-corrected chi connectivity index (χ2v) is 18.5. The van der Waals surface area contributed by atoms with Crippen LogP contribution < -0.4 is 0 Å². The van der Waals surface area contributed by atoms with Gasteiger partial charge in [-0.05, 0) is 58.0 Å². The molecule has 287 valence electrons. The Labute approximate surface area is 344 Å². The first kappa shape index (κ1) is 48.0. The van der Waals surface area contributed by atoms with Crippen molar-refractivity contribution < 1.29 is 36.4 Å². The van der Waals surface area contributed by atoms with Crippen molar-refractivity contribution in [2.75, 3.05) is 27.2 Å². The van der Waals surface area contributed by atoms with Crippen LogP contribution in [-0.4, -0.2) is 47.2 Å². The van der Waals surface area contributed by atoms with Gasteiger partial charge in [0, 0.05) is 37.3 Å². The maximum atomic E-state index is 11.5. The number of phenolic OH excluding ortho intramolecular Hbond substituents is 2. The molecule has 0 saturated heterocycles. The summed E-state index contributed by atoms with van der Waals surface area (Å²) in [6.07, 6.45) is 0. The molecular formula is C48H70N2O2Zr+. The Kier molecular flexibility index (Phi) is 18.2. The van der Waals surface area contributed by atoms with E-state index >= 15 is 0 Å². The van der Waals surface area contributed by atoms with Crippen LogP contribution in [0.25, 0.3) is 0 Å². The van der Waals surface area contributed by atoms with Crippen LogP contribution in [0.4, 0.5) is 0 Å². The number of rotatable bonds is 7. The zero-order valence-corrected chi connectivity index (χ0v) is 38.1. The topological polar surface area (TPSA) is 46.9 Å². The molecule has 0 bridgehead atoms. The Hall–Kier alpha value is -2.98. The summed E-state index contributed by atoms with van der Waals surface area (Å²) in [5, 5.41) is 23.0. The molecule has 0 aliphatic carbocycles. The Morgan fingerprint density at radius 1 is 0.491 bits per heavy atom. The molecule has 0 aliphatic heterocycles. The summed E-state index contributed by atoms with van der Waals surface area (Å²) in [5.41, 5.74) is 8.07. The van der Waals surface area contributed by atoms with E-state index in [1.807, 2.05) is 60.7 Å². The molecule has 0 heterocycles. The van der Waals surface area contributed by atoms with E-state index in [0.29, 0.717) is 24.6 Å². The van der Waals surface area contributed by atoms with Crippen molar-refractivity contribution in [2.24, 2.45) is 0 Å². The standard InChI is InChI=1S/C34H56N2O2.2C7H7.Zr/c1-31(2,3)25-17-23(29(37)27(19-25)33(7,8)9)21-36(16-15-35(13)14)22-24-18-26(32(4,5)6)20-28(30(24)38)34(10,11)12;2*1-7-5-3-2-4-6-7;/h17-20,37-38H,15-16,21-22H2,1-14H3;2*2-6H,1H2;/q;2*-1;+3. The minimum atomic E-state index is -0.171. The van der Waals surface area contributed by atoms with E-state index in [4.69, 9.17) is 0 Å². The molecule has 4 aromatic rings. The predicted octanol–water partition coefficient (Wildman–Crippen LogP) is 11.6. The minimum Gasteiger partial charge on any atom is -0.507 e. The molecule has 4 aromatic carbocycles. The molecule has 0 saturated carbocycles. The van der Waals surface area contributed by atoms with Gasteiger partial charge >= 0.3 is 26.2 Å². The molecule has 0 unspecified atom stereocenters. The van der Waals surface area contributed by atoms with Crippen LogP contribution in [0.15, 0.2) is 84.9 Å². The third-order valence-corrected chi connectivity index (χ3v) is 9.06. The van der Waals surface area contributed by atoms with Gasteiger partial charge in [0.05, 0.1) is 0 Å². The maximum Gasteiger partial charge on any atom is 3.00 e. The molecule has 2 N–H and O–H groups in total. The largest absolute Gasteiger partial charge is 3.00 e. The van der Waals surface area contributed by atoms with E-state index in [1.54, 1.807) is 0 Å². The Morgan fingerprint density at radius 2 is 0.811 bits per heavy atom. The maximum absolute atomic E-state index is 11.5. The molecule has 0 fully saturated rings. The van der Waals surface area contributed by atoms with Crippen LogP contribution >= 0.6 is 0 Å². The van der Waals surface area contributed by atoms with Crippen LogP contribution in [0.1, 0.15) is 128 Å². The fraction of sp³-hybridized carbons (Fsp3) is 0.458.